The van der Waals surface area contributed by atoms with Crippen molar-refractivity contribution in [2.75, 3.05) is 18.6 Å². The quantitative estimate of drug-likeness (QED) is 0.618. The molecule has 2 aliphatic rings. The zero-order chi connectivity index (χ0) is 14.7. The van der Waals surface area contributed by atoms with Gasteiger partial charge >= 0.3 is 0 Å². The van der Waals surface area contributed by atoms with Crippen LogP contribution in [0.15, 0.2) is 23.2 Å². The number of hydrogen-bond donors (Lipinski definition) is 0. The van der Waals surface area contributed by atoms with Crippen LogP contribution in [0.5, 0.6) is 11.5 Å². The van der Waals surface area contributed by atoms with Gasteiger partial charge in [0.2, 0.25) is 6.08 Å². The molecule has 3 rings (SSSR count). The van der Waals surface area contributed by atoms with Crippen LogP contribution in [-0.4, -0.2) is 30.8 Å². The van der Waals surface area contributed by atoms with Crippen LogP contribution in [0.3, 0.4) is 0 Å². The summed E-state index contributed by atoms with van der Waals surface area (Å²) in [5, 5.41) is 0. The fraction of sp³-hybridized carbons (Fsp3) is 0.562. The van der Waals surface area contributed by atoms with Crippen LogP contribution in [-0.2, 0) is 10.3 Å². The summed E-state index contributed by atoms with van der Waals surface area (Å²) >= 11 is 1.92. The maximum atomic E-state index is 10.7. The van der Waals surface area contributed by atoms with Gasteiger partial charge in [-0.05, 0) is 37.5 Å². The van der Waals surface area contributed by atoms with Gasteiger partial charge in [-0.1, -0.05) is 12.1 Å². The standard InChI is InChI=1S/C16H19NO3S/c1-19-14-6-2-5-13(16(7-8-16)17-11-18)15(14)20-12-4-3-9-21-10-12/h2,5-6,12H,3-4,7-10H2,1H3. The van der Waals surface area contributed by atoms with Crippen molar-refractivity contribution in [3.05, 3.63) is 23.8 Å². The summed E-state index contributed by atoms with van der Waals surface area (Å²) in [6.07, 6.45) is 5.89. The minimum absolute atomic E-state index is 0.204. The van der Waals surface area contributed by atoms with E-state index in [0.717, 1.165) is 42.1 Å². The number of aliphatic imine (C=N–C) groups is 1. The molecule has 1 unspecified atom stereocenters. The molecule has 1 saturated carbocycles. The molecule has 0 spiro atoms. The van der Waals surface area contributed by atoms with Crippen LogP contribution >= 0.6 is 11.8 Å². The highest BCUT2D eigenvalue weighted by molar-refractivity contribution is 7.99. The molecule has 1 saturated heterocycles. The molecular weight excluding hydrogens is 286 g/mol. The van der Waals surface area contributed by atoms with Crippen LogP contribution in [0.4, 0.5) is 0 Å². The lowest BCUT2D eigenvalue weighted by Crippen LogP contribution is -2.24. The summed E-state index contributed by atoms with van der Waals surface area (Å²) < 4.78 is 11.7. The summed E-state index contributed by atoms with van der Waals surface area (Å²) in [4.78, 5) is 14.7. The Kier molecular flexibility index (Phi) is 4.22. The second-order valence-corrected chi connectivity index (χ2v) is 6.68. The Morgan fingerprint density at radius 3 is 2.90 bits per heavy atom. The van der Waals surface area contributed by atoms with Gasteiger partial charge in [0.05, 0.1) is 7.11 Å². The molecule has 1 aromatic rings. The molecule has 1 aliphatic carbocycles. The van der Waals surface area contributed by atoms with Crippen molar-refractivity contribution in [1.82, 2.24) is 0 Å². The first-order chi connectivity index (χ1) is 10.3. The minimum Gasteiger partial charge on any atom is -0.493 e. The predicted octanol–water partition coefficient (Wildman–Crippen LogP) is 3.29. The Hall–Kier alpha value is -1.45. The normalized spacial score (nSPS) is 23.0. The Morgan fingerprint density at radius 2 is 2.29 bits per heavy atom. The van der Waals surface area contributed by atoms with E-state index < -0.39 is 5.54 Å². The van der Waals surface area contributed by atoms with Gasteiger partial charge < -0.3 is 9.47 Å². The first kappa shape index (κ1) is 14.5. The molecule has 1 aliphatic heterocycles. The van der Waals surface area contributed by atoms with E-state index in [2.05, 4.69) is 4.99 Å². The van der Waals surface area contributed by atoms with E-state index in [9.17, 15) is 4.79 Å². The number of rotatable bonds is 5. The number of thioether (sulfide) groups is 1. The van der Waals surface area contributed by atoms with Crippen molar-refractivity contribution in [2.24, 2.45) is 4.99 Å². The Morgan fingerprint density at radius 1 is 1.43 bits per heavy atom. The fourth-order valence-corrected chi connectivity index (χ4v) is 3.82. The highest BCUT2D eigenvalue weighted by Gasteiger charge is 2.47. The average molecular weight is 305 g/mol. The average Bonchev–Trinajstić information content (AvgIpc) is 3.29. The topological polar surface area (TPSA) is 47.9 Å². The van der Waals surface area contributed by atoms with E-state index in [1.54, 1.807) is 13.2 Å². The van der Waals surface area contributed by atoms with E-state index in [4.69, 9.17) is 9.47 Å². The van der Waals surface area contributed by atoms with Crippen molar-refractivity contribution in [2.45, 2.75) is 37.3 Å². The molecule has 2 fully saturated rings. The van der Waals surface area contributed by atoms with Gasteiger partial charge in [-0.2, -0.15) is 16.8 Å². The second kappa shape index (κ2) is 6.12. The number of benzene rings is 1. The number of nitrogens with zero attached hydrogens (tertiary/aromatic N) is 1. The van der Waals surface area contributed by atoms with E-state index in [1.807, 2.05) is 30.0 Å². The third kappa shape index (κ3) is 2.94. The van der Waals surface area contributed by atoms with Crippen molar-refractivity contribution in [3.8, 4) is 11.5 Å². The Labute approximate surface area is 128 Å². The Balaban J connectivity index is 1.94. The van der Waals surface area contributed by atoms with Crippen molar-refractivity contribution < 1.29 is 14.3 Å². The summed E-state index contributed by atoms with van der Waals surface area (Å²) in [5.41, 5.74) is 0.522. The lowest BCUT2D eigenvalue weighted by Gasteiger charge is -2.26. The highest BCUT2D eigenvalue weighted by Crippen LogP contribution is 2.54. The molecule has 4 nitrogen and oxygen atoms in total. The summed E-state index contributed by atoms with van der Waals surface area (Å²) in [7, 11) is 1.64. The lowest BCUT2D eigenvalue weighted by atomic mass is 10.0. The number of isocyanates is 1. The van der Waals surface area contributed by atoms with E-state index in [0.29, 0.717) is 0 Å². The molecule has 21 heavy (non-hydrogen) atoms. The molecule has 1 aromatic carbocycles. The van der Waals surface area contributed by atoms with Gasteiger partial charge in [0.15, 0.2) is 11.5 Å². The SMILES string of the molecule is COc1cccc(C2(N=C=O)CC2)c1OC1CCCSC1. The molecule has 5 heteroatoms. The maximum absolute atomic E-state index is 10.7. The van der Waals surface area contributed by atoms with Crippen molar-refractivity contribution >= 4 is 17.8 Å². The molecule has 0 aromatic heterocycles. The molecular formula is C16H19NO3S. The number of carbonyl (C=O) groups excluding carboxylic acids is 1. The molecule has 112 valence electrons. The first-order valence-corrected chi connectivity index (χ1v) is 8.45. The predicted molar refractivity (Wildman–Crippen MR) is 83.0 cm³/mol. The van der Waals surface area contributed by atoms with Gasteiger partial charge in [-0.25, -0.2) is 4.79 Å². The van der Waals surface area contributed by atoms with Gasteiger partial charge in [-0.3, -0.25) is 0 Å². The van der Waals surface area contributed by atoms with Crippen LogP contribution < -0.4 is 9.47 Å². The third-order valence-electron chi connectivity index (χ3n) is 4.09. The first-order valence-electron chi connectivity index (χ1n) is 7.30. The molecule has 0 amide bonds. The number of ether oxygens (including phenoxy) is 2. The van der Waals surface area contributed by atoms with Gasteiger partial charge in [0.1, 0.15) is 11.6 Å². The van der Waals surface area contributed by atoms with Crippen LogP contribution in [0.1, 0.15) is 31.2 Å². The van der Waals surface area contributed by atoms with Gasteiger partial charge in [0, 0.05) is 11.3 Å². The number of methoxy groups -OCH3 is 1. The largest absolute Gasteiger partial charge is 0.493 e. The highest BCUT2D eigenvalue weighted by atomic mass is 32.2. The minimum atomic E-state index is -0.437. The summed E-state index contributed by atoms with van der Waals surface area (Å²) in [6.45, 7) is 0. The van der Waals surface area contributed by atoms with Crippen molar-refractivity contribution in [1.29, 1.82) is 0 Å². The van der Waals surface area contributed by atoms with Crippen LogP contribution in [0.2, 0.25) is 0 Å². The van der Waals surface area contributed by atoms with Gasteiger partial charge in [-0.15, -0.1) is 0 Å². The fourth-order valence-electron chi connectivity index (χ4n) is 2.78. The Bertz CT molecular complexity index is 559. The number of hydrogen-bond acceptors (Lipinski definition) is 5. The summed E-state index contributed by atoms with van der Waals surface area (Å²) in [6, 6.07) is 5.81. The lowest BCUT2D eigenvalue weighted by molar-refractivity contribution is 0.199. The summed E-state index contributed by atoms with van der Waals surface area (Å²) in [5.74, 6) is 3.68. The third-order valence-corrected chi connectivity index (χ3v) is 5.27. The zero-order valence-corrected chi connectivity index (χ0v) is 12.9. The number of para-hydroxylation sites is 1. The van der Waals surface area contributed by atoms with Gasteiger partial charge in [0.25, 0.3) is 0 Å². The van der Waals surface area contributed by atoms with E-state index >= 15 is 0 Å². The maximum Gasteiger partial charge on any atom is 0.235 e. The molecule has 1 heterocycles. The zero-order valence-electron chi connectivity index (χ0n) is 12.1. The van der Waals surface area contributed by atoms with E-state index in [-0.39, 0.29) is 6.10 Å². The second-order valence-electron chi connectivity index (χ2n) is 5.53. The monoisotopic (exact) mass is 305 g/mol. The van der Waals surface area contributed by atoms with Crippen LogP contribution in [0.25, 0.3) is 0 Å². The molecule has 0 radical (unpaired) electrons. The smallest absolute Gasteiger partial charge is 0.235 e. The van der Waals surface area contributed by atoms with Crippen LogP contribution in [0, 0.1) is 0 Å². The van der Waals surface area contributed by atoms with Crippen molar-refractivity contribution in [3.63, 3.8) is 0 Å². The van der Waals surface area contributed by atoms with E-state index in [1.165, 1.54) is 12.2 Å². The molecule has 1 atom stereocenters. The molecule has 0 bridgehead atoms. The molecule has 0 N–H and O–H groups in total.